The highest BCUT2D eigenvalue weighted by atomic mass is 19.1. The fourth-order valence-corrected chi connectivity index (χ4v) is 4.66. The van der Waals surface area contributed by atoms with Crippen molar-refractivity contribution in [1.82, 2.24) is 15.5 Å². The van der Waals surface area contributed by atoms with E-state index >= 15 is 0 Å². The number of amides is 3. The Balaban J connectivity index is 2.43. The number of halogens is 2. The lowest BCUT2D eigenvalue weighted by atomic mass is 9.92. The average Bonchev–Trinajstić information content (AvgIpc) is 2.90. The van der Waals surface area contributed by atoms with Gasteiger partial charge in [0.2, 0.25) is 5.91 Å². The van der Waals surface area contributed by atoms with Crippen LogP contribution in [-0.2, 0) is 11.2 Å². The fourth-order valence-electron chi connectivity index (χ4n) is 4.66. The maximum atomic E-state index is 13.9. The summed E-state index contributed by atoms with van der Waals surface area (Å²) in [7, 11) is 0. The maximum absolute atomic E-state index is 13.9. The third-order valence-electron chi connectivity index (χ3n) is 6.43. The lowest BCUT2D eigenvalue weighted by molar-refractivity contribution is -0.121. The molecule has 2 aromatic rings. The molecule has 0 aliphatic carbocycles. The van der Waals surface area contributed by atoms with Crippen LogP contribution in [0.4, 0.5) is 8.78 Å². The van der Waals surface area contributed by atoms with Gasteiger partial charge >= 0.3 is 0 Å². The number of carbonyl (C=O) groups excluding carboxylic acids is 3. The molecular formula is C30H38F2N4O5. The molecule has 4 atom stereocenters. The molecule has 2 aromatic carbocycles. The SMILES string of the molecule is CCCN(CCC)C(=O)c1cc(C)cc(C(=O)N[C@H](Cc2cc(F)cc(F)c2)[C@@H](O)[C@H](O)[C@H](CC#N)NC(C)=O)c1. The van der Waals surface area contributed by atoms with E-state index in [1.165, 1.54) is 13.0 Å². The van der Waals surface area contributed by atoms with Gasteiger partial charge in [0.25, 0.3) is 11.8 Å². The van der Waals surface area contributed by atoms with Gasteiger partial charge in [-0.05, 0) is 67.6 Å². The smallest absolute Gasteiger partial charge is 0.253 e. The second kappa shape index (κ2) is 15.8. The summed E-state index contributed by atoms with van der Waals surface area (Å²) in [5, 5.41) is 36.1. The number of benzene rings is 2. The summed E-state index contributed by atoms with van der Waals surface area (Å²) in [6.45, 7) is 7.93. The molecule has 0 aliphatic heterocycles. The van der Waals surface area contributed by atoms with E-state index in [0.717, 1.165) is 25.0 Å². The van der Waals surface area contributed by atoms with Crippen molar-refractivity contribution in [3.05, 3.63) is 70.3 Å². The largest absolute Gasteiger partial charge is 0.388 e. The summed E-state index contributed by atoms with van der Waals surface area (Å²) in [5.41, 5.74) is 1.14. The minimum Gasteiger partial charge on any atom is -0.388 e. The van der Waals surface area contributed by atoms with Crippen LogP contribution in [0.5, 0.6) is 0 Å². The Labute approximate surface area is 239 Å². The number of aliphatic hydroxyl groups excluding tert-OH is 2. The van der Waals surface area contributed by atoms with E-state index in [9.17, 15) is 33.4 Å². The molecule has 0 unspecified atom stereocenters. The molecule has 4 N–H and O–H groups in total. The third kappa shape index (κ3) is 9.92. The zero-order chi connectivity index (χ0) is 30.7. The van der Waals surface area contributed by atoms with E-state index in [1.807, 2.05) is 19.9 Å². The Bertz CT molecular complexity index is 1240. The van der Waals surface area contributed by atoms with Gasteiger partial charge in [0, 0.05) is 37.2 Å². The number of rotatable bonds is 14. The highest BCUT2D eigenvalue weighted by Gasteiger charge is 2.34. The Morgan fingerprint density at radius 1 is 0.902 bits per heavy atom. The van der Waals surface area contributed by atoms with E-state index in [0.29, 0.717) is 30.3 Å². The van der Waals surface area contributed by atoms with E-state index in [-0.39, 0.29) is 29.9 Å². The summed E-state index contributed by atoms with van der Waals surface area (Å²) in [5.74, 6) is -3.23. The van der Waals surface area contributed by atoms with Crippen LogP contribution < -0.4 is 10.6 Å². The minimum absolute atomic E-state index is 0.0882. The normalized spacial score (nSPS) is 13.8. The molecule has 0 heterocycles. The van der Waals surface area contributed by atoms with Crippen LogP contribution in [0.25, 0.3) is 0 Å². The number of hydrogen-bond acceptors (Lipinski definition) is 6. The lowest BCUT2D eigenvalue weighted by Gasteiger charge is -2.32. The molecule has 11 heteroatoms. The van der Waals surface area contributed by atoms with Crippen LogP contribution in [0.1, 0.15) is 71.9 Å². The highest BCUT2D eigenvalue weighted by Crippen LogP contribution is 2.18. The molecule has 0 radical (unpaired) electrons. The van der Waals surface area contributed by atoms with Crippen molar-refractivity contribution >= 4 is 17.7 Å². The third-order valence-corrected chi connectivity index (χ3v) is 6.43. The fraction of sp³-hybridized carbons (Fsp3) is 0.467. The lowest BCUT2D eigenvalue weighted by Crippen LogP contribution is -2.56. The molecule has 41 heavy (non-hydrogen) atoms. The summed E-state index contributed by atoms with van der Waals surface area (Å²) in [4.78, 5) is 39.9. The molecule has 0 saturated heterocycles. The monoisotopic (exact) mass is 572 g/mol. The first-order valence-corrected chi connectivity index (χ1v) is 13.6. The number of nitrogens with zero attached hydrogens (tertiary/aromatic N) is 2. The average molecular weight is 573 g/mol. The molecule has 0 saturated carbocycles. The first-order valence-electron chi connectivity index (χ1n) is 13.6. The predicted octanol–water partition coefficient (Wildman–Crippen LogP) is 3.02. The zero-order valence-electron chi connectivity index (χ0n) is 23.8. The van der Waals surface area contributed by atoms with Crippen molar-refractivity contribution < 1.29 is 33.4 Å². The molecule has 0 bridgehead atoms. The van der Waals surface area contributed by atoms with Crippen molar-refractivity contribution in [2.75, 3.05) is 13.1 Å². The van der Waals surface area contributed by atoms with Gasteiger partial charge in [-0.2, -0.15) is 5.26 Å². The minimum atomic E-state index is -1.76. The zero-order valence-corrected chi connectivity index (χ0v) is 23.8. The molecule has 2 rings (SSSR count). The van der Waals surface area contributed by atoms with Gasteiger partial charge in [-0.1, -0.05) is 13.8 Å². The number of carbonyl (C=O) groups is 3. The first kappa shape index (κ1) is 33.3. The van der Waals surface area contributed by atoms with Crippen molar-refractivity contribution in [3.63, 3.8) is 0 Å². The molecule has 9 nitrogen and oxygen atoms in total. The van der Waals surface area contributed by atoms with Crippen LogP contribution >= 0.6 is 0 Å². The van der Waals surface area contributed by atoms with Crippen LogP contribution in [-0.4, -0.2) is 70.2 Å². The van der Waals surface area contributed by atoms with Crippen LogP contribution in [0.15, 0.2) is 36.4 Å². The second-order valence-electron chi connectivity index (χ2n) is 10.1. The summed E-state index contributed by atoms with van der Waals surface area (Å²) in [6, 6.07) is 6.72. The summed E-state index contributed by atoms with van der Waals surface area (Å²) >= 11 is 0. The van der Waals surface area contributed by atoms with Crippen molar-refractivity contribution in [1.29, 1.82) is 5.26 Å². The Morgan fingerprint density at radius 3 is 2.00 bits per heavy atom. The highest BCUT2D eigenvalue weighted by molar-refractivity contribution is 6.00. The topological polar surface area (TPSA) is 143 Å². The van der Waals surface area contributed by atoms with Crippen molar-refractivity contribution in [2.45, 2.75) is 77.7 Å². The maximum Gasteiger partial charge on any atom is 0.253 e. The standard InChI is InChI=1S/C30H38F2N4O5/c1-5-9-36(10-6-2)30(41)22-12-18(3)11-21(16-22)29(40)35-26(15-20-13-23(31)17-24(32)14-20)28(39)27(38)25(7-8-33)34-19(4)37/h11-14,16-17,25-28,38-39H,5-7,9-10,15H2,1-4H3,(H,34,37)(H,35,40)/t25-,26+,27+,28+/m0/s1. The Morgan fingerprint density at radius 2 is 1.46 bits per heavy atom. The van der Waals surface area contributed by atoms with Gasteiger partial charge in [0.05, 0.1) is 24.6 Å². The number of hydrogen-bond donors (Lipinski definition) is 4. The number of nitriles is 1. The Hall–Kier alpha value is -3.88. The van der Waals surface area contributed by atoms with Gasteiger partial charge in [0.1, 0.15) is 23.8 Å². The first-order chi connectivity index (χ1) is 19.4. The van der Waals surface area contributed by atoms with Gasteiger partial charge in [0.15, 0.2) is 0 Å². The van der Waals surface area contributed by atoms with Crippen molar-refractivity contribution in [2.24, 2.45) is 0 Å². The molecule has 0 fully saturated rings. The Kier molecular flexibility index (Phi) is 12.8. The molecule has 0 spiro atoms. The molecule has 3 amide bonds. The second-order valence-corrected chi connectivity index (χ2v) is 10.1. The number of aliphatic hydroxyl groups is 2. The van der Waals surface area contributed by atoms with E-state index in [1.54, 1.807) is 24.0 Å². The molecular weight excluding hydrogens is 534 g/mol. The van der Waals surface area contributed by atoms with Gasteiger partial charge in [-0.3, -0.25) is 14.4 Å². The van der Waals surface area contributed by atoms with Crippen molar-refractivity contribution in [3.8, 4) is 6.07 Å². The summed E-state index contributed by atoms with van der Waals surface area (Å²) < 4.78 is 27.8. The van der Waals surface area contributed by atoms with Crippen LogP contribution in [0.3, 0.4) is 0 Å². The number of nitrogens with one attached hydrogen (secondary N) is 2. The van der Waals surface area contributed by atoms with Crippen LogP contribution in [0, 0.1) is 29.9 Å². The molecule has 0 aromatic heterocycles. The van der Waals surface area contributed by atoms with Gasteiger partial charge in [-0.15, -0.1) is 0 Å². The van der Waals surface area contributed by atoms with Crippen LogP contribution in [0.2, 0.25) is 0 Å². The molecule has 0 aliphatic rings. The summed E-state index contributed by atoms with van der Waals surface area (Å²) in [6.07, 6.45) is -2.59. The van der Waals surface area contributed by atoms with E-state index in [4.69, 9.17) is 5.26 Å². The van der Waals surface area contributed by atoms with E-state index in [2.05, 4.69) is 10.6 Å². The van der Waals surface area contributed by atoms with Gasteiger partial charge in [-0.25, -0.2) is 8.78 Å². The number of aryl methyl sites for hydroxylation is 1. The molecule has 222 valence electrons. The predicted molar refractivity (Wildman–Crippen MR) is 149 cm³/mol. The van der Waals surface area contributed by atoms with Gasteiger partial charge < -0.3 is 25.7 Å². The quantitative estimate of drug-likeness (QED) is 0.274. The van der Waals surface area contributed by atoms with E-state index < -0.39 is 47.7 Å².